The Hall–Kier alpha value is -1.31. The lowest BCUT2D eigenvalue weighted by Crippen LogP contribution is -2.63. The molecular formula is C13H22F3NO4. The van der Waals surface area contributed by atoms with Crippen LogP contribution >= 0.6 is 0 Å². The first-order valence-electron chi connectivity index (χ1n) is 6.81. The molecule has 0 rings (SSSR count). The first-order valence-corrected chi connectivity index (χ1v) is 6.81. The summed E-state index contributed by atoms with van der Waals surface area (Å²) in [5.74, 6) is -1.34. The Morgan fingerprint density at radius 2 is 1.86 bits per heavy atom. The monoisotopic (exact) mass is 313 g/mol. The molecule has 0 aromatic rings. The average Bonchev–Trinajstić information content (AvgIpc) is 2.42. The number of esters is 1. The fourth-order valence-corrected chi connectivity index (χ4v) is 2.03. The van der Waals surface area contributed by atoms with Crippen molar-refractivity contribution >= 4 is 12.4 Å². The number of methoxy groups -OCH3 is 1. The number of aliphatic hydroxyl groups is 1. The van der Waals surface area contributed by atoms with Crippen LogP contribution in [0.2, 0.25) is 0 Å². The molecule has 124 valence electrons. The zero-order valence-corrected chi connectivity index (χ0v) is 12.2. The minimum Gasteiger partial charge on any atom is -0.467 e. The van der Waals surface area contributed by atoms with E-state index in [0.717, 1.165) is 26.4 Å². The van der Waals surface area contributed by atoms with E-state index in [2.05, 4.69) is 4.74 Å². The van der Waals surface area contributed by atoms with Crippen molar-refractivity contribution < 1.29 is 32.6 Å². The molecule has 0 heterocycles. The standard InChI is InChI=1S/C13H22F3NO4/c1-3-4-5-6-7-8-12(20,13(14,15)16)10(17-9-18)11(19)21-2/h9-10,20H,3-8H2,1-2H3,(H,17,18). The highest BCUT2D eigenvalue weighted by molar-refractivity contribution is 5.80. The minimum absolute atomic E-state index is 0.0601. The molecule has 0 aromatic heterocycles. The van der Waals surface area contributed by atoms with Crippen LogP contribution < -0.4 is 5.32 Å². The highest BCUT2D eigenvalue weighted by Gasteiger charge is 2.60. The summed E-state index contributed by atoms with van der Waals surface area (Å²) in [6.45, 7) is 1.97. The van der Waals surface area contributed by atoms with Crippen LogP contribution in [0.5, 0.6) is 0 Å². The van der Waals surface area contributed by atoms with Gasteiger partial charge in [0.1, 0.15) is 0 Å². The first-order chi connectivity index (χ1) is 9.74. The summed E-state index contributed by atoms with van der Waals surface area (Å²) < 4.78 is 43.6. The normalized spacial score (nSPS) is 15.9. The Morgan fingerprint density at radius 1 is 1.29 bits per heavy atom. The maximum absolute atomic E-state index is 13.1. The van der Waals surface area contributed by atoms with Crippen LogP contribution in [-0.2, 0) is 14.3 Å². The highest BCUT2D eigenvalue weighted by atomic mass is 19.4. The highest BCUT2D eigenvalue weighted by Crippen LogP contribution is 2.37. The molecule has 5 nitrogen and oxygen atoms in total. The van der Waals surface area contributed by atoms with Crippen LogP contribution in [0, 0.1) is 0 Å². The minimum atomic E-state index is -5.06. The Kier molecular flexibility index (Phi) is 8.31. The zero-order chi connectivity index (χ0) is 16.5. The van der Waals surface area contributed by atoms with Crippen molar-refractivity contribution in [3.05, 3.63) is 0 Å². The van der Waals surface area contributed by atoms with Gasteiger partial charge in [0.15, 0.2) is 11.6 Å². The van der Waals surface area contributed by atoms with Crippen LogP contribution in [-0.4, -0.2) is 42.4 Å². The smallest absolute Gasteiger partial charge is 0.419 e. The van der Waals surface area contributed by atoms with Gasteiger partial charge in [-0.25, -0.2) is 4.79 Å². The lowest BCUT2D eigenvalue weighted by molar-refractivity contribution is -0.272. The first kappa shape index (κ1) is 19.7. The van der Waals surface area contributed by atoms with E-state index in [4.69, 9.17) is 0 Å². The van der Waals surface area contributed by atoms with Gasteiger partial charge in [-0.15, -0.1) is 0 Å². The van der Waals surface area contributed by atoms with Crippen molar-refractivity contribution in [1.82, 2.24) is 5.32 Å². The van der Waals surface area contributed by atoms with Crippen LogP contribution in [0.4, 0.5) is 13.2 Å². The number of hydrogen-bond donors (Lipinski definition) is 2. The molecule has 2 atom stereocenters. The Morgan fingerprint density at radius 3 is 2.29 bits per heavy atom. The topological polar surface area (TPSA) is 75.6 Å². The van der Waals surface area contributed by atoms with Gasteiger partial charge < -0.3 is 15.2 Å². The van der Waals surface area contributed by atoms with Gasteiger partial charge in [-0.2, -0.15) is 13.2 Å². The summed E-state index contributed by atoms with van der Waals surface area (Å²) in [6.07, 6.45) is -2.65. The molecule has 0 spiro atoms. The van der Waals surface area contributed by atoms with Gasteiger partial charge in [0, 0.05) is 0 Å². The van der Waals surface area contributed by atoms with E-state index < -0.39 is 30.2 Å². The largest absolute Gasteiger partial charge is 0.467 e. The van der Waals surface area contributed by atoms with Crippen molar-refractivity contribution in [1.29, 1.82) is 0 Å². The van der Waals surface area contributed by atoms with Gasteiger partial charge in [-0.1, -0.05) is 39.0 Å². The summed E-state index contributed by atoms with van der Waals surface area (Å²) in [5, 5.41) is 11.7. The average molecular weight is 313 g/mol. The Balaban J connectivity index is 5.03. The number of halogens is 3. The van der Waals surface area contributed by atoms with Crippen molar-refractivity contribution in [2.75, 3.05) is 7.11 Å². The molecule has 0 saturated heterocycles. The molecule has 0 bridgehead atoms. The van der Waals surface area contributed by atoms with Crippen LogP contribution in [0.3, 0.4) is 0 Å². The zero-order valence-electron chi connectivity index (χ0n) is 12.2. The number of carbonyl (C=O) groups is 2. The molecular weight excluding hydrogens is 291 g/mol. The van der Waals surface area contributed by atoms with Crippen molar-refractivity contribution in [2.24, 2.45) is 0 Å². The number of amides is 1. The molecule has 0 aliphatic heterocycles. The third-order valence-corrected chi connectivity index (χ3v) is 3.30. The summed E-state index contributed by atoms with van der Waals surface area (Å²) in [6, 6.07) is -2.17. The quantitative estimate of drug-likeness (QED) is 0.367. The van der Waals surface area contributed by atoms with E-state index in [1.807, 2.05) is 6.92 Å². The van der Waals surface area contributed by atoms with Crippen molar-refractivity contribution in [3.63, 3.8) is 0 Å². The molecule has 1 amide bonds. The Bertz CT molecular complexity index is 336. The number of rotatable bonds is 10. The maximum Gasteiger partial charge on any atom is 0.419 e. The molecule has 0 aromatic carbocycles. The van der Waals surface area contributed by atoms with Gasteiger partial charge >= 0.3 is 12.1 Å². The molecule has 0 aliphatic rings. The van der Waals surface area contributed by atoms with E-state index in [1.165, 1.54) is 0 Å². The van der Waals surface area contributed by atoms with Crippen LogP contribution in [0.1, 0.15) is 45.4 Å². The maximum atomic E-state index is 13.1. The second-order valence-electron chi connectivity index (χ2n) is 4.83. The fraction of sp³-hybridized carbons (Fsp3) is 0.846. The molecule has 2 N–H and O–H groups in total. The molecule has 8 heteroatoms. The number of carbonyl (C=O) groups excluding carboxylic acids is 2. The van der Waals surface area contributed by atoms with E-state index in [-0.39, 0.29) is 12.8 Å². The lowest BCUT2D eigenvalue weighted by Gasteiger charge is -2.35. The summed E-state index contributed by atoms with van der Waals surface area (Å²) in [7, 11) is 0.889. The van der Waals surface area contributed by atoms with E-state index >= 15 is 0 Å². The van der Waals surface area contributed by atoms with E-state index in [0.29, 0.717) is 6.42 Å². The van der Waals surface area contributed by atoms with Gasteiger partial charge in [-0.05, 0) is 6.42 Å². The third-order valence-electron chi connectivity index (χ3n) is 3.30. The predicted octanol–water partition coefficient (Wildman–Crippen LogP) is 1.93. The molecule has 0 radical (unpaired) electrons. The van der Waals surface area contributed by atoms with Gasteiger partial charge in [0.05, 0.1) is 7.11 Å². The number of ether oxygens (including phenoxy) is 1. The van der Waals surface area contributed by atoms with E-state index in [1.54, 1.807) is 5.32 Å². The second kappa shape index (κ2) is 8.86. The molecule has 0 fully saturated rings. The second-order valence-corrected chi connectivity index (χ2v) is 4.83. The summed E-state index contributed by atoms with van der Waals surface area (Å²) in [4.78, 5) is 21.9. The van der Waals surface area contributed by atoms with Crippen molar-refractivity contribution in [3.8, 4) is 0 Å². The number of alkyl halides is 3. The molecule has 21 heavy (non-hydrogen) atoms. The van der Waals surface area contributed by atoms with E-state index in [9.17, 15) is 27.9 Å². The SMILES string of the molecule is CCCCCCCC(O)(C(NC=O)C(=O)OC)C(F)(F)F. The molecule has 2 unspecified atom stereocenters. The van der Waals surface area contributed by atoms with Gasteiger partial charge in [0.25, 0.3) is 0 Å². The fourth-order valence-electron chi connectivity index (χ4n) is 2.03. The summed E-state index contributed by atoms with van der Waals surface area (Å²) in [5.41, 5.74) is -3.34. The van der Waals surface area contributed by atoms with Gasteiger partial charge in [0.2, 0.25) is 6.41 Å². The molecule has 0 saturated carbocycles. The van der Waals surface area contributed by atoms with Crippen LogP contribution in [0.25, 0.3) is 0 Å². The lowest BCUT2D eigenvalue weighted by atomic mass is 9.87. The van der Waals surface area contributed by atoms with Gasteiger partial charge in [-0.3, -0.25) is 4.79 Å². The third kappa shape index (κ3) is 5.53. The number of nitrogens with one attached hydrogen (secondary N) is 1. The molecule has 0 aliphatic carbocycles. The Labute approximate surface area is 121 Å². The summed E-state index contributed by atoms with van der Waals surface area (Å²) >= 11 is 0. The number of hydrogen-bond acceptors (Lipinski definition) is 4. The number of unbranched alkanes of at least 4 members (excludes halogenated alkanes) is 4. The van der Waals surface area contributed by atoms with Crippen LogP contribution in [0.15, 0.2) is 0 Å². The predicted molar refractivity (Wildman–Crippen MR) is 69.4 cm³/mol. The van der Waals surface area contributed by atoms with Crippen molar-refractivity contribution in [2.45, 2.75) is 63.3 Å².